The second-order valence-electron chi connectivity index (χ2n) is 4.68. The van der Waals surface area contributed by atoms with Crippen molar-refractivity contribution in [3.05, 3.63) is 17.7 Å². The van der Waals surface area contributed by atoms with Gasteiger partial charge in [-0.3, -0.25) is 0 Å². The number of aromatic nitrogens is 1. The molecule has 3 nitrogen and oxygen atoms in total. The van der Waals surface area contributed by atoms with Crippen molar-refractivity contribution < 1.29 is 8.78 Å². The molecule has 2 rings (SSSR count). The van der Waals surface area contributed by atoms with Gasteiger partial charge in [0.1, 0.15) is 0 Å². The Morgan fingerprint density at radius 1 is 1.47 bits per heavy atom. The van der Waals surface area contributed by atoms with E-state index in [9.17, 15) is 8.78 Å². The van der Waals surface area contributed by atoms with Crippen molar-refractivity contribution in [1.29, 1.82) is 0 Å². The summed E-state index contributed by atoms with van der Waals surface area (Å²) < 4.78 is 27.5. The minimum Gasteiger partial charge on any atom is -0.368 e. The highest BCUT2D eigenvalue weighted by molar-refractivity contribution is 8.00. The molecular weight excluding hydrogens is 268 g/mol. The summed E-state index contributed by atoms with van der Waals surface area (Å²) in [5.41, 5.74) is 0. The molecule has 1 saturated heterocycles. The van der Waals surface area contributed by atoms with Gasteiger partial charge in [0.05, 0.1) is 0 Å². The van der Waals surface area contributed by atoms with Gasteiger partial charge in [0.2, 0.25) is 0 Å². The van der Waals surface area contributed by atoms with Crippen molar-refractivity contribution in [2.75, 3.05) is 35.6 Å². The average molecular weight is 287 g/mol. The number of pyridine rings is 1. The molecule has 0 aromatic carbocycles. The van der Waals surface area contributed by atoms with E-state index in [2.05, 4.69) is 17.2 Å². The van der Waals surface area contributed by atoms with E-state index < -0.39 is 11.6 Å². The third kappa shape index (κ3) is 3.49. The molecule has 1 aliphatic heterocycles. The van der Waals surface area contributed by atoms with Gasteiger partial charge >= 0.3 is 0 Å². The van der Waals surface area contributed by atoms with E-state index >= 15 is 0 Å². The number of nitrogens with zero attached hydrogens (tertiary/aromatic N) is 2. The maximum absolute atomic E-state index is 13.9. The summed E-state index contributed by atoms with van der Waals surface area (Å²) in [4.78, 5) is 6.02. The molecule has 0 spiro atoms. The average Bonchev–Trinajstić information content (AvgIpc) is 2.38. The molecule has 1 aliphatic rings. The van der Waals surface area contributed by atoms with Gasteiger partial charge in [-0.15, -0.1) is 0 Å². The van der Waals surface area contributed by atoms with E-state index in [1.807, 2.05) is 23.6 Å². The predicted molar refractivity (Wildman–Crippen MR) is 77.1 cm³/mol. The zero-order valence-corrected chi connectivity index (χ0v) is 12.1. The van der Waals surface area contributed by atoms with Crippen LogP contribution in [0.25, 0.3) is 0 Å². The molecule has 1 atom stereocenters. The van der Waals surface area contributed by atoms with Crippen LogP contribution in [0.15, 0.2) is 6.07 Å². The van der Waals surface area contributed by atoms with Crippen molar-refractivity contribution in [3.8, 4) is 0 Å². The van der Waals surface area contributed by atoms with Crippen molar-refractivity contribution >= 4 is 23.4 Å². The fraction of sp³-hybridized carbons (Fsp3) is 0.615. The SMILES string of the molecule is CCCNc1nc(N2CCSC(C)C2)c(F)cc1F. The van der Waals surface area contributed by atoms with E-state index in [4.69, 9.17) is 0 Å². The van der Waals surface area contributed by atoms with Gasteiger partial charge in [0.15, 0.2) is 23.3 Å². The smallest absolute Gasteiger partial charge is 0.168 e. The lowest BCUT2D eigenvalue weighted by atomic mass is 10.3. The number of thioether (sulfide) groups is 1. The molecule has 0 saturated carbocycles. The Labute approximate surface area is 116 Å². The quantitative estimate of drug-likeness (QED) is 0.921. The van der Waals surface area contributed by atoms with Gasteiger partial charge < -0.3 is 10.2 Å². The van der Waals surface area contributed by atoms with Gasteiger partial charge in [0.25, 0.3) is 0 Å². The maximum atomic E-state index is 13.9. The first-order valence-electron chi connectivity index (χ1n) is 6.58. The number of hydrogen-bond donors (Lipinski definition) is 1. The Hall–Kier alpha value is -1.04. The first-order chi connectivity index (χ1) is 9.11. The topological polar surface area (TPSA) is 28.2 Å². The molecule has 6 heteroatoms. The summed E-state index contributed by atoms with van der Waals surface area (Å²) in [5, 5.41) is 3.33. The van der Waals surface area contributed by atoms with E-state index in [-0.39, 0.29) is 11.6 Å². The molecule has 1 fully saturated rings. The third-order valence-corrected chi connectivity index (χ3v) is 4.13. The Kier molecular flexibility index (Phi) is 4.85. The summed E-state index contributed by atoms with van der Waals surface area (Å²) in [7, 11) is 0. The van der Waals surface area contributed by atoms with Crippen LogP contribution >= 0.6 is 11.8 Å². The molecular formula is C13H19F2N3S. The monoisotopic (exact) mass is 287 g/mol. The molecule has 1 aromatic heterocycles. The standard InChI is InChI=1S/C13H19F2N3S/c1-3-4-16-12-10(14)7-11(15)13(17-12)18-5-6-19-9(2)8-18/h7,9H,3-6,8H2,1-2H3,(H,16,17). The molecule has 0 bridgehead atoms. The lowest BCUT2D eigenvalue weighted by molar-refractivity contribution is 0.568. The highest BCUT2D eigenvalue weighted by atomic mass is 32.2. The highest BCUT2D eigenvalue weighted by Crippen LogP contribution is 2.27. The number of rotatable bonds is 4. The van der Waals surface area contributed by atoms with Crippen LogP contribution in [-0.2, 0) is 0 Å². The lowest BCUT2D eigenvalue weighted by Gasteiger charge is -2.31. The Bertz CT molecular complexity index is 442. The summed E-state index contributed by atoms with van der Waals surface area (Å²) in [5.74, 6) is 0.126. The minimum absolute atomic E-state index is 0.143. The van der Waals surface area contributed by atoms with Crippen molar-refractivity contribution in [2.45, 2.75) is 25.5 Å². The second kappa shape index (κ2) is 6.41. The second-order valence-corrected chi connectivity index (χ2v) is 6.22. The number of hydrogen-bond acceptors (Lipinski definition) is 4. The third-order valence-electron chi connectivity index (χ3n) is 2.99. The van der Waals surface area contributed by atoms with Crippen LogP contribution in [0, 0.1) is 11.6 Å². The number of halogens is 2. The van der Waals surface area contributed by atoms with Gasteiger partial charge in [-0.05, 0) is 6.42 Å². The fourth-order valence-electron chi connectivity index (χ4n) is 2.06. The highest BCUT2D eigenvalue weighted by Gasteiger charge is 2.22. The van der Waals surface area contributed by atoms with E-state index in [1.54, 1.807) is 0 Å². The molecule has 2 heterocycles. The predicted octanol–water partition coefficient (Wildman–Crippen LogP) is 3.12. The van der Waals surface area contributed by atoms with Crippen LogP contribution in [0.4, 0.5) is 20.4 Å². The Morgan fingerprint density at radius 3 is 2.95 bits per heavy atom. The van der Waals surface area contributed by atoms with Crippen molar-refractivity contribution in [1.82, 2.24) is 4.98 Å². The molecule has 0 radical (unpaired) electrons. The minimum atomic E-state index is -0.630. The van der Waals surface area contributed by atoms with Crippen molar-refractivity contribution in [2.24, 2.45) is 0 Å². The molecule has 19 heavy (non-hydrogen) atoms. The number of nitrogens with one attached hydrogen (secondary N) is 1. The molecule has 0 amide bonds. The van der Waals surface area contributed by atoms with Crippen LogP contribution in [0.1, 0.15) is 20.3 Å². The molecule has 1 aromatic rings. The van der Waals surface area contributed by atoms with Gasteiger partial charge in [0, 0.05) is 36.7 Å². The van der Waals surface area contributed by atoms with Crippen LogP contribution in [0.5, 0.6) is 0 Å². The summed E-state index contributed by atoms with van der Waals surface area (Å²) in [6.07, 6.45) is 0.866. The van der Waals surface area contributed by atoms with Crippen LogP contribution in [0.3, 0.4) is 0 Å². The Morgan fingerprint density at radius 2 is 2.26 bits per heavy atom. The molecule has 0 aliphatic carbocycles. The van der Waals surface area contributed by atoms with E-state index in [0.29, 0.717) is 11.8 Å². The zero-order valence-electron chi connectivity index (χ0n) is 11.2. The van der Waals surface area contributed by atoms with E-state index in [1.165, 1.54) is 0 Å². The first-order valence-corrected chi connectivity index (χ1v) is 7.63. The zero-order chi connectivity index (χ0) is 13.8. The molecule has 1 unspecified atom stereocenters. The van der Waals surface area contributed by atoms with Gasteiger partial charge in [-0.25, -0.2) is 13.8 Å². The fourth-order valence-corrected chi connectivity index (χ4v) is 3.07. The van der Waals surface area contributed by atoms with Crippen molar-refractivity contribution in [3.63, 3.8) is 0 Å². The van der Waals surface area contributed by atoms with Gasteiger partial charge in [-0.2, -0.15) is 11.8 Å². The van der Waals surface area contributed by atoms with Crippen LogP contribution < -0.4 is 10.2 Å². The largest absolute Gasteiger partial charge is 0.368 e. The normalized spacial score (nSPS) is 19.6. The van der Waals surface area contributed by atoms with Gasteiger partial charge in [-0.1, -0.05) is 13.8 Å². The Balaban J connectivity index is 2.23. The number of anilines is 2. The van der Waals surface area contributed by atoms with E-state index in [0.717, 1.165) is 31.3 Å². The first kappa shape index (κ1) is 14.4. The van der Waals surface area contributed by atoms with Crippen LogP contribution in [-0.4, -0.2) is 35.6 Å². The summed E-state index contributed by atoms with van der Waals surface area (Å²) in [6, 6.07) is 0.923. The molecule has 1 N–H and O–H groups in total. The summed E-state index contributed by atoms with van der Waals surface area (Å²) >= 11 is 1.86. The molecule has 106 valence electrons. The summed E-state index contributed by atoms with van der Waals surface area (Å²) in [6.45, 7) is 6.21. The van der Waals surface area contributed by atoms with Crippen LogP contribution in [0.2, 0.25) is 0 Å². The lowest BCUT2D eigenvalue weighted by Crippen LogP contribution is -2.37. The maximum Gasteiger partial charge on any atom is 0.168 e.